The quantitative estimate of drug-likeness (QED) is 0.236. The van der Waals surface area contributed by atoms with Crippen molar-refractivity contribution < 1.29 is 0 Å². The maximum absolute atomic E-state index is 4.83. The number of hydrogen-bond acceptors (Lipinski definition) is 2. The van der Waals surface area contributed by atoms with Crippen molar-refractivity contribution in [3.05, 3.63) is 146 Å². The molecule has 0 fully saturated rings. The lowest BCUT2D eigenvalue weighted by Crippen LogP contribution is -2.02. The van der Waals surface area contributed by atoms with Crippen LogP contribution in [-0.2, 0) is 0 Å². The molecule has 4 nitrogen and oxygen atoms in total. The Bertz CT molecular complexity index is 2080. The highest BCUT2D eigenvalue weighted by atomic mass is 15.2. The van der Waals surface area contributed by atoms with Gasteiger partial charge in [-0.05, 0) is 58.7 Å². The summed E-state index contributed by atoms with van der Waals surface area (Å²) in [5.41, 5.74) is 11.0. The van der Waals surface area contributed by atoms with Crippen LogP contribution in [0.3, 0.4) is 0 Å². The topological polar surface area (TPSA) is 35.6 Å². The maximum Gasteiger partial charge on any atom is 0.133 e. The van der Waals surface area contributed by atoms with Crippen LogP contribution in [0, 0.1) is 0 Å². The van der Waals surface area contributed by atoms with E-state index in [1.807, 2.05) is 6.20 Å². The Morgan fingerprint density at radius 2 is 1.05 bits per heavy atom. The molecule has 3 heterocycles. The molecular formula is C36H24N4. The molecule has 3 aromatic heterocycles. The van der Waals surface area contributed by atoms with Crippen molar-refractivity contribution in [1.29, 1.82) is 0 Å². The zero-order chi connectivity index (χ0) is 26.5. The van der Waals surface area contributed by atoms with Gasteiger partial charge >= 0.3 is 0 Å². The average molecular weight is 513 g/mol. The molecule has 0 radical (unpaired) electrons. The normalized spacial score (nSPS) is 11.5. The molecule has 0 aliphatic heterocycles. The van der Waals surface area contributed by atoms with Crippen molar-refractivity contribution in [3.8, 4) is 33.6 Å². The lowest BCUT2D eigenvalue weighted by molar-refractivity contribution is 1.06. The van der Waals surface area contributed by atoms with Gasteiger partial charge in [0.2, 0.25) is 0 Å². The lowest BCUT2D eigenvalue weighted by Gasteiger charge is -2.15. The van der Waals surface area contributed by atoms with Gasteiger partial charge in [0.1, 0.15) is 17.5 Å². The minimum absolute atomic E-state index is 0.947. The molecule has 40 heavy (non-hydrogen) atoms. The highest BCUT2D eigenvalue weighted by Crippen LogP contribution is 2.41. The number of nitrogens with zero attached hydrogens (tertiary/aromatic N) is 4. The Morgan fingerprint density at radius 1 is 0.475 bits per heavy atom. The zero-order valence-corrected chi connectivity index (χ0v) is 21.6. The number of hydrogen-bond donors (Lipinski definition) is 0. The second kappa shape index (κ2) is 9.07. The molecule has 0 amide bonds. The van der Waals surface area contributed by atoms with Crippen LogP contribution in [0.15, 0.2) is 146 Å². The highest BCUT2D eigenvalue weighted by Gasteiger charge is 2.23. The molecule has 8 rings (SSSR count). The molecule has 0 atom stereocenters. The van der Waals surface area contributed by atoms with Gasteiger partial charge in [0.25, 0.3) is 0 Å². The Balaban J connectivity index is 1.54. The van der Waals surface area contributed by atoms with Crippen molar-refractivity contribution in [2.75, 3.05) is 0 Å². The van der Waals surface area contributed by atoms with E-state index < -0.39 is 0 Å². The maximum atomic E-state index is 4.83. The Hall–Kier alpha value is -5.48. The summed E-state index contributed by atoms with van der Waals surface area (Å²) < 4.78 is 4.68. The van der Waals surface area contributed by atoms with Crippen molar-refractivity contribution in [2.45, 2.75) is 0 Å². The van der Waals surface area contributed by atoms with Crippen molar-refractivity contribution in [3.63, 3.8) is 0 Å². The van der Waals surface area contributed by atoms with Crippen LogP contribution in [0.4, 0.5) is 0 Å². The number of benzene rings is 5. The van der Waals surface area contributed by atoms with Crippen molar-refractivity contribution >= 4 is 33.0 Å². The van der Waals surface area contributed by atoms with E-state index in [1.165, 1.54) is 16.5 Å². The summed E-state index contributed by atoms with van der Waals surface area (Å²) in [6.07, 6.45) is 3.58. The number of fused-ring (bicyclic) bond motifs is 5. The van der Waals surface area contributed by atoms with Crippen molar-refractivity contribution in [2.24, 2.45) is 0 Å². The van der Waals surface area contributed by atoms with E-state index >= 15 is 0 Å². The molecule has 0 N–H and O–H groups in total. The molecule has 0 unspecified atom stereocenters. The summed E-state index contributed by atoms with van der Waals surface area (Å²) in [5, 5.41) is 2.30. The van der Waals surface area contributed by atoms with Gasteiger partial charge in [-0.3, -0.25) is 9.13 Å². The molecule has 0 bridgehead atoms. The smallest absolute Gasteiger partial charge is 0.133 e. The van der Waals surface area contributed by atoms with Crippen LogP contribution in [0.2, 0.25) is 0 Å². The SMILES string of the molecule is c1ccc(-c2cc(-c3ccccc3)cc(-n3c4cncnc4c4c5ccccc5n(-c5ccccc5)c43)c2)cc1. The molecule has 0 saturated heterocycles. The van der Waals surface area contributed by atoms with Crippen molar-refractivity contribution in [1.82, 2.24) is 19.1 Å². The predicted octanol–water partition coefficient (Wildman–Crippen LogP) is 8.85. The van der Waals surface area contributed by atoms with Gasteiger partial charge in [-0.25, -0.2) is 9.97 Å². The molecule has 188 valence electrons. The van der Waals surface area contributed by atoms with Crippen LogP contribution in [0.5, 0.6) is 0 Å². The van der Waals surface area contributed by atoms with Gasteiger partial charge in [0.05, 0.1) is 22.6 Å². The summed E-state index contributed by atoms with van der Waals surface area (Å²) in [6, 6.07) is 47.1. The Labute approximate surface area is 231 Å². The van der Waals surface area contributed by atoms with Crippen LogP contribution < -0.4 is 0 Å². The third-order valence-electron chi connectivity index (χ3n) is 7.64. The predicted molar refractivity (Wildman–Crippen MR) is 164 cm³/mol. The first-order valence-corrected chi connectivity index (χ1v) is 13.4. The van der Waals surface area contributed by atoms with E-state index in [9.17, 15) is 0 Å². The van der Waals surface area contributed by atoms with E-state index in [-0.39, 0.29) is 0 Å². The molecule has 0 spiro atoms. The molecule has 0 aliphatic carbocycles. The highest BCUT2D eigenvalue weighted by molar-refractivity contribution is 6.21. The number of aromatic nitrogens is 4. The van der Waals surface area contributed by atoms with Crippen LogP contribution in [0.1, 0.15) is 0 Å². The Morgan fingerprint density at radius 3 is 1.73 bits per heavy atom. The van der Waals surface area contributed by atoms with E-state index in [2.05, 4.69) is 148 Å². The minimum atomic E-state index is 0.947. The summed E-state index contributed by atoms with van der Waals surface area (Å²) in [6.45, 7) is 0. The summed E-state index contributed by atoms with van der Waals surface area (Å²) in [5.74, 6) is 0. The first kappa shape index (κ1) is 22.5. The third kappa shape index (κ3) is 3.47. The van der Waals surface area contributed by atoms with E-state index in [4.69, 9.17) is 4.98 Å². The van der Waals surface area contributed by atoms with Gasteiger partial charge in [-0.15, -0.1) is 0 Å². The van der Waals surface area contributed by atoms with E-state index in [0.29, 0.717) is 0 Å². The van der Waals surface area contributed by atoms with Crippen LogP contribution >= 0.6 is 0 Å². The van der Waals surface area contributed by atoms with Gasteiger partial charge < -0.3 is 0 Å². The Kier molecular flexibility index (Phi) is 5.10. The molecule has 0 saturated carbocycles. The van der Waals surface area contributed by atoms with Gasteiger partial charge in [-0.1, -0.05) is 97.1 Å². The molecule has 4 heteroatoms. The molecular weight excluding hydrogens is 488 g/mol. The molecule has 0 aliphatic rings. The number of rotatable bonds is 4. The third-order valence-corrected chi connectivity index (χ3v) is 7.64. The minimum Gasteiger partial charge on any atom is -0.295 e. The van der Waals surface area contributed by atoms with Gasteiger partial charge in [-0.2, -0.15) is 0 Å². The fourth-order valence-corrected chi connectivity index (χ4v) is 5.90. The second-order valence-corrected chi connectivity index (χ2v) is 9.98. The van der Waals surface area contributed by atoms with E-state index in [0.717, 1.165) is 50.1 Å². The monoisotopic (exact) mass is 512 g/mol. The molecule has 8 aromatic rings. The molecule has 5 aromatic carbocycles. The first-order chi connectivity index (χ1) is 19.9. The zero-order valence-electron chi connectivity index (χ0n) is 21.6. The van der Waals surface area contributed by atoms with Crippen LogP contribution in [-0.4, -0.2) is 19.1 Å². The van der Waals surface area contributed by atoms with Gasteiger partial charge in [0, 0.05) is 16.8 Å². The fourth-order valence-electron chi connectivity index (χ4n) is 5.90. The fraction of sp³-hybridized carbons (Fsp3) is 0. The summed E-state index contributed by atoms with van der Waals surface area (Å²) in [7, 11) is 0. The lowest BCUT2D eigenvalue weighted by atomic mass is 9.98. The summed E-state index contributed by atoms with van der Waals surface area (Å²) in [4.78, 5) is 9.30. The number of para-hydroxylation sites is 2. The largest absolute Gasteiger partial charge is 0.295 e. The standard InChI is InChI=1S/C36H24N4/c1-4-12-25(13-5-1)27-20-28(26-14-6-2-7-15-26)22-30(21-27)40-33-23-37-24-38-35(33)34-31-18-10-11-19-32(31)39(36(34)40)29-16-8-3-9-17-29/h1-24H. The summed E-state index contributed by atoms with van der Waals surface area (Å²) >= 11 is 0. The van der Waals surface area contributed by atoms with Crippen LogP contribution in [0.25, 0.3) is 66.6 Å². The first-order valence-electron chi connectivity index (χ1n) is 13.4. The van der Waals surface area contributed by atoms with Gasteiger partial charge in [0.15, 0.2) is 0 Å². The van der Waals surface area contributed by atoms with E-state index in [1.54, 1.807) is 6.33 Å². The second-order valence-electron chi connectivity index (χ2n) is 9.98. The average Bonchev–Trinajstić information content (AvgIpc) is 3.55.